The van der Waals surface area contributed by atoms with Crippen molar-refractivity contribution in [2.45, 2.75) is 70.6 Å². The molecule has 21 heavy (non-hydrogen) atoms. The molecule has 2 rings (SSSR count). The Morgan fingerprint density at radius 1 is 1.33 bits per heavy atom. The standard InChI is InChI=1S/C17H33NO2S/c1-4-9-18-16(14(3)19-5-2)15-6-10-20-17(13-15)7-11-21-12-8-17/h14-16,18H,4-13H2,1-3H3. The van der Waals surface area contributed by atoms with Gasteiger partial charge < -0.3 is 14.8 Å². The zero-order valence-electron chi connectivity index (χ0n) is 14.0. The molecule has 3 unspecified atom stereocenters. The van der Waals surface area contributed by atoms with E-state index < -0.39 is 0 Å². The summed E-state index contributed by atoms with van der Waals surface area (Å²) in [6, 6.07) is 0.472. The van der Waals surface area contributed by atoms with Crippen molar-refractivity contribution in [1.29, 1.82) is 0 Å². The predicted molar refractivity (Wildman–Crippen MR) is 91.1 cm³/mol. The highest BCUT2D eigenvalue weighted by Gasteiger charge is 2.42. The number of nitrogens with one attached hydrogen (secondary N) is 1. The van der Waals surface area contributed by atoms with Crippen LogP contribution in [0.1, 0.15) is 52.9 Å². The molecule has 0 aromatic rings. The van der Waals surface area contributed by atoms with Crippen LogP contribution in [-0.4, -0.2) is 49.0 Å². The molecule has 3 nitrogen and oxygen atoms in total. The van der Waals surface area contributed by atoms with Gasteiger partial charge in [-0.2, -0.15) is 11.8 Å². The van der Waals surface area contributed by atoms with Crippen LogP contribution in [0.5, 0.6) is 0 Å². The Labute approximate surface area is 134 Å². The van der Waals surface area contributed by atoms with E-state index in [1.165, 1.54) is 43.6 Å². The first-order chi connectivity index (χ1) is 10.2. The molecule has 124 valence electrons. The van der Waals surface area contributed by atoms with Crippen molar-refractivity contribution in [1.82, 2.24) is 5.32 Å². The van der Waals surface area contributed by atoms with Crippen LogP contribution in [0.15, 0.2) is 0 Å². The Bertz CT molecular complexity index is 289. The number of thioether (sulfide) groups is 1. The SMILES string of the molecule is CCCNC(C1CCOC2(CCSCC2)C1)C(C)OCC. The fraction of sp³-hybridized carbons (Fsp3) is 1.00. The molecule has 0 aliphatic carbocycles. The van der Waals surface area contributed by atoms with Gasteiger partial charge in [-0.25, -0.2) is 0 Å². The van der Waals surface area contributed by atoms with Gasteiger partial charge in [0.15, 0.2) is 0 Å². The van der Waals surface area contributed by atoms with E-state index in [4.69, 9.17) is 9.47 Å². The molecule has 2 heterocycles. The van der Waals surface area contributed by atoms with Crippen LogP contribution in [0.25, 0.3) is 0 Å². The van der Waals surface area contributed by atoms with Crippen LogP contribution in [0.3, 0.4) is 0 Å². The molecule has 4 heteroatoms. The second kappa shape index (κ2) is 8.76. The lowest BCUT2D eigenvalue weighted by Gasteiger charge is -2.46. The molecular formula is C17H33NO2S. The molecule has 2 aliphatic heterocycles. The zero-order chi connectivity index (χ0) is 15.1. The minimum atomic E-state index is 0.173. The first-order valence-corrected chi connectivity index (χ1v) is 9.93. The van der Waals surface area contributed by atoms with E-state index in [-0.39, 0.29) is 5.60 Å². The van der Waals surface area contributed by atoms with Gasteiger partial charge in [-0.1, -0.05) is 6.92 Å². The van der Waals surface area contributed by atoms with Crippen LogP contribution in [0.2, 0.25) is 0 Å². The van der Waals surface area contributed by atoms with Gasteiger partial charge in [0.2, 0.25) is 0 Å². The highest BCUT2D eigenvalue weighted by atomic mass is 32.2. The quantitative estimate of drug-likeness (QED) is 0.779. The lowest BCUT2D eigenvalue weighted by atomic mass is 9.77. The molecule has 0 aromatic carbocycles. The lowest BCUT2D eigenvalue weighted by Crippen LogP contribution is -2.52. The lowest BCUT2D eigenvalue weighted by molar-refractivity contribution is -0.115. The Hall–Kier alpha value is 0.230. The highest BCUT2D eigenvalue weighted by molar-refractivity contribution is 7.99. The summed E-state index contributed by atoms with van der Waals surface area (Å²) >= 11 is 2.08. The van der Waals surface area contributed by atoms with Crippen LogP contribution < -0.4 is 5.32 Å². The van der Waals surface area contributed by atoms with Crippen molar-refractivity contribution in [2.75, 3.05) is 31.3 Å². The largest absolute Gasteiger partial charge is 0.377 e. The molecule has 0 saturated carbocycles. The molecular weight excluding hydrogens is 282 g/mol. The maximum Gasteiger partial charge on any atom is 0.0702 e. The monoisotopic (exact) mass is 315 g/mol. The second-order valence-electron chi connectivity index (χ2n) is 6.54. The molecule has 2 saturated heterocycles. The van der Waals surface area contributed by atoms with Crippen molar-refractivity contribution >= 4 is 11.8 Å². The Morgan fingerprint density at radius 3 is 2.76 bits per heavy atom. The fourth-order valence-electron chi connectivity index (χ4n) is 3.86. The Morgan fingerprint density at radius 2 is 2.10 bits per heavy atom. The summed E-state index contributed by atoms with van der Waals surface area (Å²) < 4.78 is 12.2. The summed E-state index contributed by atoms with van der Waals surface area (Å²) in [4.78, 5) is 0. The van der Waals surface area contributed by atoms with Crippen molar-refractivity contribution in [3.05, 3.63) is 0 Å². The van der Waals surface area contributed by atoms with Gasteiger partial charge in [0.25, 0.3) is 0 Å². The maximum atomic E-state index is 6.25. The molecule has 0 amide bonds. The van der Waals surface area contributed by atoms with Crippen LogP contribution >= 0.6 is 11.8 Å². The highest BCUT2D eigenvalue weighted by Crippen LogP contribution is 2.41. The van der Waals surface area contributed by atoms with E-state index in [2.05, 4.69) is 37.8 Å². The summed E-state index contributed by atoms with van der Waals surface area (Å²) in [6.07, 6.45) is 6.33. The van der Waals surface area contributed by atoms with Gasteiger partial charge in [0.1, 0.15) is 0 Å². The number of hydrogen-bond acceptors (Lipinski definition) is 4. The van der Waals surface area contributed by atoms with E-state index in [0.29, 0.717) is 18.1 Å². The molecule has 0 bridgehead atoms. The first-order valence-electron chi connectivity index (χ1n) is 8.77. The molecule has 2 fully saturated rings. The Balaban J connectivity index is 2.00. The molecule has 3 atom stereocenters. The number of hydrogen-bond donors (Lipinski definition) is 1. The van der Waals surface area contributed by atoms with Crippen molar-refractivity contribution < 1.29 is 9.47 Å². The molecule has 0 aromatic heterocycles. The smallest absolute Gasteiger partial charge is 0.0702 e. The number of ether oxygens (including phenoxy) is 2. The normalized spacial score (nSPS) is 28.4. The summed E-state index contributed by atoms with van der Waals surface area (Å²) in [5.41, 5.74) is 0.173. The third-order valence-electron chi connectivity index (χ3n) is 5.01. The molecule has 2 aliphatic rings. The second-order valence-corrected chi connectivity index (χ2v) is 7.76. The minimum Gasteiger partial charge on any atom is -0.377 e. The Kier molecular flexibility index (Phi) is 7.33. The van der Waals surface area contributed by atoms with Gasteiger partial charge in [-0.15, -0.1) is 0 Å². The van der Waals surface area contributed by atoms with Crippen molar-refractivity contribution in [2.24, 2.45) is 5.92 Å². The van der Waals surface area contributed by atoms with E-state index in [9.17, 15) is 0 Å². The van der Waals surface area contributed by atoms with Crippen molar-refractivity contribution in [3.8, 4) is 0 Å². The zero-order valence-corrected chi connectivity index (χ0v) is 14.8. The summed E-state index contributed by atoms with van der Waals surface area (Å²) in [6.45, 7) is 9.38. The topological polar surface area (TPSA) is 30.5 Å². The minimum absolute atomic E-state index is 0.173. The van der Waals surface area contributed by atoms with Gasteiger partial charge >= 0.3 is 0 Å². The van der Waals surface area contributed by atoms with E-state index in [1.807, 2.05) is 0 Å². The summed E-state index contributed by atoms with van der Waals surface area (Å²) in [5, 5.41) is 3.76. The first kappa shape index (κ1) is 17.6. The molecule has 1 N–H and O–H groups in total. The maximum absolute atomic E-state index is 6.25. The third-order valence-corrected chi connectivity index (χ3v) is 5.99. The van der Waals surface area contributed by atoms with Gasteiger partial charge in [0, 0.05) is 19.3 Å². The van der Waals surface area contributed by atoms with E-state index in [1.54, 1.807) is 0 Å². The average Bonchev–Trinajstić information content (AvgIpc) is 2.49. The van der Waals surface area contributed by atoms with Crippen LogP contribution in [0, 0.1) is 5.92 Å². The third kappa shape index (κ3) is 4.85. The van der Waals surface area contributed by atoms with Crippen LogP contribution in [-0.2, 0) is 9.47 Å². The van der Waals surface area contributed by atoms with E-state index >= 15 is 0 Å². The molecule has 0 radical (unpaired) electrons. The van der Waals surface area contributed by atoms with E-state index in [0.717, 1.165) is 19.8 Å². The summed E-state index contributed by atoms with van der Waals surface area (Å²) in [5.74, 6) is 3.22. The fourth-order valence-corrected chi connectivity index (χ4v) is 5.09. The van der Waals surface area contributed by atoms with Crippen molar-refractivity contribution in [3.63, 3.8) is 0 Å². The summed E-state index contributed by atoms with van der Waals surface area (Å²) in [7, 11) is 0. The number of rotatable bonds is 7. The predicted octanol–water partition coefficient (Wildman–Crippen LogP) is 3.47. The molecule has 1 spiro atoms. The van der Waals surface area contributed by atoms with Gasteiger partial charge in [0.05, 0.1) is 11.7 Å². The van der Waals surface area contributed by atoms with Gasteiger partial charge in [-0.05, 0) is 69.9 Å². The van der Waals surface area contributed by atoms with Gasteiger partial charge in [-0.3, -0.25) is 0 Å². The average molecular weight is 316 g/mol. The van der Waals surface area contributed by atoms with Crippen LogP contribution in [0.4, 0.5) is 0 Å².